The van der Waals surface area contributed by atoms with Crippen molar-refractivity contribution >= 4 is 22.8 Å². The van der Waals surface area contributed by atoms with E-state index in [9.17, 15) is 5.11 Å². The number of rotatable bonds is 2. The first-order chi connectivity index (χ1) is 9.95. The van der Waals surface area contributed by atoms with Crippen LogP contribution < -0.4 is 0 Å². The number of halogens is 2. The lowest BCUT2D eigenvalue weighted by Gasteiger charge is -2.20. The van der Waals surface area contributed by atoms with Crippen LogP contribution in [0.25, 0.3) is 11.2 Å². The minimum absolute atomic E-state index is 0.178. The van der Waals surface area contributed by atoms with Gasteiger partial charge in [0.15, 0.2) is 16.5 Å². The Balaban J connectivity index is 1.81. The van der Waals surface area contributed by atoms with Gasteiger partial charge in [0.2, 0.25) is 0 Å². The number of aliphatic hydroxyl groups excluding tert-OH is 2. The molecule has 2 aromatic heterocycles. The molecule has 1 aliphatic carbocycles. The second-order valence-corrected chi connectivity index (χ2v) is 5.91. The second-order valence-electron chi connectivity index (χ2n) is 5.55. The molecule has 9 heteroatoms. The van der Waals surface area contributed by atoms with Gasteiger partial charge < -0.3 is 19.5 Å². The Morgan fingerprint density at radius 2 is 2.24 bits per heavy atom. The number of nitrogens with zero attached hydrogens (tertiary/aromatic N) is 4. The predicted molar refractivity (Wildman–Crippen MR) is 69.6 cm³/mol. The van der Waals surface area contributed by atoms with Gasteiger partial charge in [-0.2, -0.15) is 0 Å². The summed E-state index contributed by atoms with van der Waals surface area (Å²) in [5.74, 6) is 0. The van der Waals surface area contributed by atoms with Crippen molar-refractivity contribution in [3.05, 3.63) is 17.8 Å². The van der Waals surface area contributed by atoms with E-state index in [0.717, 1.165) is 0 Å². The Morgan fingerprint density at radius 1 is 1.48 bits per heavy atom. The van der Waals surface area contributed by atoms with E-state index in [1.165, 1.54) is 17.2 Å². The smallest absolute Gasteiger partial charge is 0.193 e. The summed E-state index contributed by atoms with van der Waals surface area (Å²) >= 11 is 5.93. The van der Waals surface area contributed by atoms with Crippen LogP contribution in [0.4, 0.5) is 4.39 Å². The standard InChI is InChI=1S/C12H12ClFN4O3/c1-11-10(12(11,14)7(20)5(2-19)21-11)18-4-17-6-8(13)15-3-16-9(6)18/h3-5,7,10,19-20H,2H2,1H3. The van der Waals surface area contributed by atoms with Crippen LogP contribution in [0.2, 0.25) is 5.15 Å². The van der Waals surface area contributed by atoms with Gasteiger partial charge in [-0.05, 0) is 6.92 Å². The molecule has 0 bridgehead atoms. The van der Waals surface area contributed by atoms with Crippen molar-refractivity contribution < 1.29 is 19.3 Å². The van der Waals surface area contributed by atoms with Crippen LogP contribution in [-0.2, 0) is 4.74 Å². The maximum absolute atomic E-state index is 15.1. The van der Waals surface area contributed by atoms with Gasteiger partial charge in [-0.1, -0.05) is 11.6 Å². The maximum atomic E-state index is 15.1. The van der Waals surface area contributed by atoms with Gasteiger partial charge >= 0.3 is 0 Å². The monoisotopic (exact) mass is 314 g/mol. The first-order valence-corrected chi connectivity index (χ1v) is 6.81. The van der Waals surface area contributed by atoms with Crippen molar-refractivity contribution in [1.29, 1.82) is 0 Å². The molecule has 2 fully saturated rings. The molecule has 0 aromatic carbocycles. The fourth-order valence-corrected chi connectivity index (χ4v) is 3.61. The Morgan fingerprint density at radius 3 is 2.86 bits per heavy atom. The number of ether oxygens (including phenoxy) is 1. The van der Waals surface area contributed by atoms with Crippen LogP contribution in [0.15, 0.2) is 12.7 Å². The Labute approximate surface area is 123 Å². The first-order valence-electron chi connectivity index (χ1n) is 6.44. The Hall–Kier alpha value is -1.35. The molecule has 3 heterocycles. The summed E-state index contributed by atoms with van der Waals surface area (Å²) < 4.78 is 22.1. The molecule has 7 nitrogen and oxygen atoms in total. The van der Waals surface area contributed by atoms with Crippen molar-refractivity contribution in [2.24, 2.45) is 0 Å². The van der Waals surface area contributed by atoms with E-state index < -0.39 is 36.1 Å². The summed E-state index contributed by atoms with van der Waals surface area (Å²) in [6, 6.07) is -0.779. The molecule has 1 aliphatic heterocycles. The number of hydrogen-bond acceptors (Lipinski definition) is 6. The van der Waals surface area contributed by atoms with E-state index in [1.54, 1.807) is 6.92 Å². The highest BCUT2D eigenvalue weighted by molar-refractivity contribution is 6.33. The highest BCUT2D eigenvalue weighted by Gasteiger charge is 2.87. The number of aliphatic hydroxyl groups is 2. The van der Waals surface area contributed by atoms with Crippen LogP contribution in [0.5, 0.6) is 0 Å². The van der Waals surface area contributed by atoms with Crippen LogP contribution in [-0.4, -0.2) is 59.8 Å². The lowest BCUT2D eigenvalue weighted by atomic mass is 10.1. The van der Waals surface area contributed by atoms with E-state index >= 15 is 4.39 Å². The van der Waals surface area contributed by atoms with Gasteiger partial charge in [0, 0.05) is 0 Å². The summed E-state index contributed by atoms with van der Waals surface area (Å²) in [6.07, 6.45) is 0.337. The van der Waals surface area contributed by atoms with E-state index in [4.69, 9.17) is 21.4 Å². The lowest BCUT2D eigenvalue weighted by Crippen LogP contribution is -2.37. The van der Waals surface area contributed by atoms with Gasteiger partial charge in [0.25, 0.3) is 0 Å². The van der Waals surface area contributed by atoms with Crippen molar-refractivity contribution in [1.82, 2.24) is 19.5 Å². The van der Waals surface area contributed by atoms with Crippen molar-refractivity contribution in [2.75, 3.05) is 6.61 Å². The van der Waals surface area contributed by atoms with E-state index in [2.05, 4.69) is 15.0 Å². The van der Waals surface area contributed by atoms with Crippen LogP contribution in [0.1, 0.15) is 13.0 Å². The zero-order valence-electron chi connectivity index (χ0n) is 10.9. The summed E-state index contributed by atoms with van der Waals surface area (Å²) in [7, 11) is 0. The number of imidazole rings is 1. The Bertz CT molecular complexity index is 742. The molecule has 1 saturated heterocycles. The van der Waals surface area contributed by atoms with E-state index in [0.29, 0.717) is 11.2 Å². The molecule has 5 atom stereocenters. The largest absolute Gasteiger partial charge is 0.394 e. The third-order valence-electron chi connectivity index (χ3n) is 4.55. The average Bonchev–Trinajstić information content (AvgIpc) is 2.77. The third kappa shape index (κ3) is 1.36. The SMILES string of the molecule is CC12OC(CO)C(O)C1(F)C2n1cnc2c(Cl)ncnc21. The zero-order valence-corrected chi connectivity index (χ0v) is 11.7. The third-order valence-corrected chi connectivity index (χ3v) is 4.82. The summed E-state index contributed by atoms with van der Waals surface area (Å²) in [4.78, 5) is 12.0. The fraction of sp³-hybridized carbons (Fsp3) is 0.583. The molecule has 0 spiro atoms. The minimum Gasteiger partial charge on any atom is -0.394 e. The summed E-state index contributed by atoms with van der Waals surface area (Å²) in [6.45, 7) is 1.12. The number of alkyl halides is 1. The molecule has 1 saturated carbocycles. The molecular formula is C12H12ClFN4O3. The summed E-state index contributed by atoms with van der Waals surface area (Å²) in [5, 5.41) is 19.4. The van der Waals surface area contributed by atoms with Gasteiger partial charge in [-0.25, -0.2) is 19.3 Å². The molecule has 4 rings (SSSR count). The van der Waals surface area contributed by atoms with Crippen LogP contribution in [0.3, 0.4) is 0 Å². The highest BCUT2D eigenvalue weighted by atomic mass is 35.5. The van der Waals surface area contributed by atoms with Crippen molar-refractivity contribution in [2.45, 2.75) is 36.4 Å². The Kier molecular flexibility index (Phi) is 2.47. The lowest BCUT2D eigenvalue weighted by molar-refractivity contribution is -0.0672. The number of hydrogen-bond donors (Lipinski definition) is 2. The van der Waals surface area contributed by atoms with Gasteiger partial charge in [-0.3, -0.25) is 0 Å². The number of fused-ring (bicyclic) bond motifs is 2. The first kappa shape index (κ1) is 13.3. The highest BCUT2D eigenvalue weighted by Crippen LogP contribution is 2.70. The second kappa shape index (κ2) is 3.89. The van der Waals surface area contributed by atoms with E-state index in [-0.39, 0.29) is 5.15 Å². The van der Waals surface area contributed by atoms with Crippen molar-refractivity contribution in [3.8, 4) is 0 Å². The molecule has 0 amide bonds. The molecule has 21 heavy (non-hydrogen) atoms. The quantitative estimate of drug-likeness (QED) is 0.772. The molecule has 2 aliphatic rings. The fourth-order valence-electron chi connectivity index (χ4n) is 3.43. The maximum Gasteiger partial charge on any atom is 0.193 e. The average molecular weight is 315 g/mol. The zero-order chi connectivity index (χ0) is 15.0. The van der Waals surface area contributed by atoms with Gasteiger partial charge in [0.05, 0.1) is 12.9 Å². The molecule has 2 aromatic rings. The van der Waals surface area contributed by atoms with Crippen LogP contribution >= 0.6 is 11.6 Å². The number of aromatic nitrogens is 4. The normalized spacial score (nSPS) is 41.5. The molecule has 0 radical (unpaired) electrons. The van der Waals surface area contributed by atoms with E-state index in [1.807, 2.05) is 0 Å². The molecular weight excluding hydrogens is 303 g/mol. The van der Waals surface area contributed by atoms with Gasteiger partial charge in [-0.15, -0.1) is 0 Å². The summed E-state index contributed by atoms with van der Waals surface area (Å²) in [5.41, 5.74) is -2.48. The topological polar surface area (TPSA) is 93.3 Å². The van der Waals surface area contributed by atoms with Crippen LogP contribution in [0, 0.1) is 0 Å². The predicted octanol–water partition coefficient (Wildman–Crippen LogP) is 0.253. The van der Waals surface area contributed by atoms with Crippen molar-refractivity contribution in [3.63, 3.8) is 0 Å². The minimum atomic E-state index is -1.99. The molecule has 5 unspecified atom stereocenters. The van der Waals surface area contributed by atoms with Gasteiger partial charge in [0.1, 0.15) is 35.7 Å². The molecule has 2 N–H and O–H groups in total. The molecule has 112 valence electrons.